The third kappa shape index (κ3) is 3.35. The molecule has 2 aromatic heterocycles. The van der Waals surface area contributed by atoms with Crippen LogP contribution in [0.1, 0.15) is 11.1 Å². The van der Waals surface area contributed by atoms with E-state index in [4.69, 9.17) is 16.9 Å². The van der Waals surface area contributed by atoms with Gasteiger partial charge >= 0.3 is 0 Å². The number of piperazine rings is 1. The SMILES string of the molecule is N#Cc1cnc(N2CCN(Cc3cccnc3)CC2)c(Cl)c1. The van der Waals surface area contributed by atoms with Crippen molar-refractivity contribution < 1.29 is 0 Å². The van der Waals surface area contributed by atoms with Crippen LogP contribution in [0.5, 0.6) is 0 Å². The highest BCUT2D eigenvalue weighted by atomic mass is 35.5. The van der Waals surface area contributed by atoms with Gasteiger partial charge in [0.05, 0.1) is 10.6 Å². The summed E-state index contributed by atoms with van der Waals surface area (Å²) in [6, 6.07) is 7.79. The van der Waals surface area contributed by atoms with Crippen LogP contribution < -0.4 is 4.90 Å². The molecule has 2 aromatic rings. The lowest BCUT2D eigenvalue weighted by atomic mass is 10.2. The third-order valence-electron chi connectivity index (χ3n) is 3.75. The normalized spacial score (nSPS) is 15.5. The Morgan fingerprint density at radius 2 is 2.05 bits per heavy atom. The maximum absolute atomic E-state index is 8.86. The summed E-state index contributed by atoms with van der Waals surface area (Å²) >= 11 is 6.23. The van der Waals surface area contributed by atoms with Gasteiger partial charge in [0.1, 0.15) is 11.9 Å². The molecule has 0 atom stereocenters. The van der Waals surface area contributed by atoms with Crippen LogP contribution in [0, 0.1) is 11.3 Å². The summed E-state index contributed by atoms with van der Waals surface area (Å²) in [6.45, 7) is 4.56. The van der Waals surface area contributed by atoms with Gasteiger partial charge in [-0.25, -0.2) is 4.98 Å². The fraction of sp³-hybridized carbons (Fsp3) is 0.312. The van der Waals surface area contributed by atoms with Gasteiger partial charge < -0.3 is 4.90 Å². The average molecular weight is 314 g/mol. The molecule has 0 radical (unpaired) electrons. The van der Waals surface area contributed by atoms with Crippen molar-refractivity contribution in [1.29, 1.82) is 5.26 Å². The molecule has 0 unspecified atom stereocenters. The van der Waals surface area contributed by atoms with E-state index in [0.29, 0.717) is 10.6 Å². The third-order valence-corrected chi connectivity index (χ3v) is 4.03. The van der Waals surface area contributed by atoms with Crippen LogP contribution >= 0.6 is 11.6 Å². The molecule has 0 aromatic carbocycles. The first-order valence-electron chi connectivity index (χ1n) is 7.18. The summed E-state index contributed by atoms with van der Waals surface area (Å²) in [7, 11) is 0. The predicted octanol–water partition coefficient (Wildman–Crippen LogP) is 2.32. The molecule has 0 N–H and O–H groups in total. The van der Waals surface area contributed by atoms with Gasteiger partial charge in [-0.15, -0.1) is 0 Å². The molecule has 5 nitrogen and oxygen atoms in total. The van der Waals surface area contributed by atoms with Crippen molar-refractivity contribution in [2.45, 2.75) is 6.54 Å². The summed E-state index contributed by atoms with van der Waals surface area (Å²) in [5, 5.41) is 9.41. The molecule has 1 saturated heterocycles. The van der Waals surface area contributed by atoms with E-state index >= 15 is 0 Å². The summed E-state index contributed by atoms with van der Waals surface area (Å²) < 4.78 is 0. The van der Waals surface area contributed by atoms with Crippen LogP contribution in [-0.4, -0.2) is 41.0 Å². The zero-order valence-corrected chi connectivity index (χ0v) is 12.9. The number of halogens is 1. The minimum Gasteiger partial charge on any atom is -0.353 e. The number of nitrogens with zero attached hydrogens (tertiary/aromatic N) is 5. The Hall–Kier alpha value is -2.16. The molecular weight excluding hydrogens is 298 g/mol. The Balaban J connectivity index is 1.61. The van der Waals surface area contributed by atoms with Crippen molar-refractivity contribution in [3.63, 3.8) is 0 Å². The van der Waals surface area contributed by atoms with E-state index in [2.05, 4.69) is 31.9 Å². The molecule has 3 heterocycles. The summed E-state index contributed by atoms with van der Waals surface area (Å²) in [6.07, 6.45) is 5.27. The van der Waals surface area contributed by atoms with Crippen molar-refractivity contribution in [2.24, 2.45) is 0 Å². The van der Waals surface area contributed by atoms with Gasteiger partial charge in [-0.05, 0) is 17.7 Å². The topological polar surface area (TPSA) is 56.1 Å². The molecule has 0 spiro atoms. The van der Waals surface area contributed by atoms with Crippen LogP contribution in [-0.2, 0) is 6.54 Å². The van der Waals surface area contributed by atoms with Crippen molar-refractivity contribution in [3.05, 3.63) is 52.9 Å². The number of anilines is 1. The smallest absolute Gasteiger partial charge is 0.147 e. The zero-order chi connectivity index (χ0) is 15.4. The lowest BCUT2D eigenvalue weighted by molar-refractivity contribution is 0.249. The van der Waals surface area contributed by atoms with E-state index in [1.807, 2.05) is 12.3 Å². The fourth-order valence-corrected chi connectivity index (χ4v) is 2.88. The standard InChI is InChI=1S/C16H16ClN5/c17-15-8-14(9-18)11-20-16(15)22-6-4-21(5-7-22)12-13-2-1-3-19-10-13/h1-3,8,10-11H,4-7,12H2. The van der Waals surface area contributed by atoms with Gasteiger partial charge in [-0.2, -0.15) is 5.26 Å². The van der Waals surface area contributed by atoms with Gasteiger partial charge in [-0.3, -0.25) is 9.88 Å². The van der Waals surface area contributed by atoms with E-state index in [9.17, 15) is 0 Å². The van der Waals surface area contributed by atoms with Gasteiger partial charge in [0.15, 0.2) is 0 Å². The zero-order valence-electron chi connectivity index (χ0n) is 12.1. The number of pyridine rings is 2. The summed E-state index contributed by atoms with van der Waals surface area (Å²) in [4.78, 5) is 13.0. The molecule has 1 fully saturated rings. The van der Waals surface area contributed by atoms with E-state index in [1.54, 1.807) is 18.5 Å². The van der Waals surface area contributed by atoms with Gasteiger partial charge in [-0.1, -0.05) is 17.7 Å². The lowest BCUT2D eigenvalue weighted by Gasteiger charge is -2.35. The van der Waals surface area contributed by atoms with Crippen LogP contribution in [0.15, 0.2) is 36.8 Å². The van der Waals surface area contributed by atoms with Crippen molar-refractivity contribution in [3.8, 4) is 6.07 Å². The minimum absolute atomic E-state index is 0.490. The van der Waals surface area contributed by atoms with Gasteiger partial charge in [0.25, 0.3) is 0 Å². The number of rotatable bonds is 3. The Labute approximate surface area is 134 Å². The Bertz CT molecular complexity index is 675. The van der Waals surface area contributed by atoms with E-state index < -0.39 is 0 Å². The molecule has 0 bridgehead atoms. The molecule has 112 valence electrons. The second-order valence-corrected chi connectivity index (χ2v) is 5.67. The fourth-order valence-electron chi connectivity index (χ4n) is 2.59. The number of aromatic nitrogens is 2. The Morgan fingerprint density at radius 3 is 2.68 bits per heavy atom. The first-order valence-corrected chi connectivity index (χ1v) is 7.56. The molecule has 0 amide bonds. The average Bonchev–Trinajstić information content (AvgIpc) is 2.56. The highest BCUT2D eigenvalue weighted by molar-refractivity contribution is 6.33. The highest BCUT2D eigenvalue weighted by Crippen LogP contribution is 2.25. The second-order valence-electron chi connectivity index (χ2n) is 5.27. The van der Waals surface area contributed by atoms with E-state index in [0.717, 1.165) is 38.5 Å². The van der Waals surface area contributed by atoms with Crippen LogP contribution in [0.4, 0.5) is 5.82 Å². The second kappa shape index (κ2) is 6.73. The first kappa shape index (κ1) is 14.8. The Kier molecular flexibility index (Phi) is 4.52. The molecule has 6 heteroatoms. The molecule has 1 aliphatic rings. The number of hydrogen-bond acceptors (Lipinski definition) is 5. The number of hydrogen-bond donors (Lipinski definition) is 0. The Morgan fingerprint density at radius 1 is 1.23 bits per heavy atom. The summed E-state index contributed by atoms with van der Waals surface area (Å²) in [5.41, 5.74) is 1.72. The van der Waals surface area contributed by atoms with Crippen molar-refractivity contribution in [2.75, 3.05) is 31.1 Å². The molecule has 3 rings (SSSR count). The monoisotopic (exact) mass is 313 g/mol. The summed E-state index contributed by atoms with van der Waals surface area (Å²) in [5.74, 6) is 0.765. The molecule has 1 aliphatic heterocycles. The lowest BCUT2D eigenvalue weighted by Crippen LogP contribution is -2.46. The van der Waals surface area contributed by atoms with Gasteiger partial charge in [0, 0.05) is 51.3 Å². The largest absolute Gasteiger partial charge is 0.353 e. The minimum atomic E-state index is 0.490. The van der Waals surface area contributed by atoms with Crippen LogP contribution in [0.2, 0.25) is 5.02 Å². The first-order chi connectivity index (χ1) is 10.8. The maximum Gasteiger partial charge on any atom is 0.147 e. The predicted molar refractivity (Wildman–Crippen MR) is 85.7 cm³/mol. The van der Waals surface area contributed by atoms with Crippen molar-refractivity contribution in [1.82, 2.24) is 14.9 Å². The van der Waals surface area contributed by atoms with Crippen LogP contribution in [0.3, 0.4) is 0 Å². The van der Waals surface area contributed by atoms with E-state index in [-0.39, 0.29) is 0 Å². The molecule has 0 aliphatic carbocycles. The quantitative estimate of drug-likeness (QED) is 0.870. The van der Waals surface area contributed by atoms with E-state index in [1.165, 1.54) is 5.56 Å². The highest BCUT2D eigenvalue weighted by Gasteiger charge is 2.20. The molecular formula is C16H16ClN5. The van der Waals surface area contributed by atoms with Gasteiger partial charge in [0.2, 0.25) is 0 Å². The molecule has 22 heavy (non-hydrogen) atoms. The number of nitriles is 1. The maximum atomic E-state index is 8.86. The van der Waals surface area contributed by atoms with Crippen LogP contribution in [0.25, 0.3) is 0 Å². The van der Waals surface area contributed by atoms with Crippen molar-refractivity contribution >= 4 is 17.4 Å². The molecule has 0 saturated carbocycles.